The Morgan fingerprint density at radius 1 is 0.623 bits per heavy atom. The van der Waals surface area contributed by atoms with Crippen molar-refractivity contribution in [1.82, 2.24) is 19.1 Å². The van der Waals surface area contributed by atoms with E-state index in [0.717, 1.165) is 72.7 Å². The van der Waals surface area contributed by atoms with Gasteiger partial charge in [-0.15, -0.1) is 0 Å². The van der Waals surface area contributed by atoms with E-state index in [9.17, 15) is 0 Å². The minimum atomic E-state index is -1.36. The first kappa shape index (κ1) is 31.2. The van der Waals surface area contributed by atoms with Crippen LogP contribution in [0, 0.1) is 0 Å². The number of hydrogen-bond donors (Lipinski definition) is 0. The van der Waals surface area contributed by atoms with Crippen LogP contribution in [0.5, 0.6) is 0 Å². The van der Waals surface area contributed by atoms with Crippen LogP contribution in [0.25, 0.3) is 49.9 Å². The van der Waals surface area contributed by atoms with Crippen molar-refractivity contribution in [3.05, 3.63) is 180 Å². The van der Waals surface area contributed by atoms with Crippen molar-refractivity contribution in [3.63, 3.8) is 0 Å². The summed E-state index contributed by atoms with van der Waals surface area (Å²) in [5.41, 5.74) is 11.2. The summed E-state index contributed by atoms with van der Waals surface area (Å²) in [6.45, 7) is 4.55. The van der Waals surface area contributed by atoms with Gasteiger partial charge in [0, 0.05) is 51.9 Å². The number of aromatic nitrogens is 4. The molecule has 1 aliphatic heterocycles. The standard InChI is InChI=1S/C47H36FN5/c1-47(2)36-25-26-41-42(35-20-7-9-23-39(35)52(41)33-17-5-4-6-18-33)44(36)53(46-37(47)21-13-27-49-46)34-19-12-15-31(29-34)43(48)30-14-11-16-32(28-30)45-50-38-22-8-10-24-40(38)51(45)3/h4-29,43H,1-3H3. The Labute approximate surface area is 307 Å². The Bertz CT molecular complexity index is 2870. The fraction of sp³-hybridized carbons (Fsp3) is 0.106. The van der Waals surface area contributed by atoms with Crippen LogP contribution in [-0.4, -0.2) is 19.1 Å². The second kappa shape index (κ2) is 11.8. The summed E-state index contributed by atoms with van der Waals surface area (Å²) < 4.78 is 21.3. The van der Waals surface area contributed by atoms with Crippen LogP contribution in [0.15, 0.2) is 158 Å². The summed E-state index contributed by atoms with van der Waals surface area (Å²) in [7, 11) is 2.01. The molecule has 5 nitrogen and oxygen atoms in total. The highest BCUT2D eigenvalue weighted by Crippen LogP contribution is 2.55. The number of halogens is 1. The summed E-state index contributed by atoms with van der Waals surface area (Å²) in [5, 5.41) is 2.30. The lowest BCUT2D eigenvalue weighted by Gasteiger charge is -2.41. The Morgan fingerprint density at radius 2 is 1.34 bits per heavy atom. The number of para-hydroxylation sites is 4. The fourth-order valence-electron chi connectivity index (χ4n) is 8.45. The molecule has 0 amide bonds. The van der Waals surface area contributed by atoms with E-state index in [2.05, 4.69) is 107 Å². The highest BCUT2D eigenvalue weighted by atomic mass is 19.1. The lowest BCUT2D eigenvalue weighted by Crippen LogP contribution is -2.31. The Hall–Kier alpha value is -6.53. The first-order valence-corrected chi connectivity index (χ1v) is 18.0. The second-order valence-corrected chi connectivity index (χ2v) is 14.4. The number of pyridine rings is 1. The van der Waals surface area contributed by atoms with E-state index < -0.39 is 6.17 Å². The summed E-state index contributed by atoms with van der Waals surface area (Å²) in [5.74, 6) is 1.66. The minimum Gasteiger partial charge on any atom is -0.327 e. The number of fused-ring (bicyclic) bond motifs is 7. The SMILES string of the molecule is Cn1c(-c2cccc(C(F)c3cccc(N4c5ncccc5C(C)(C)c5ccc6c(c54)c4ccccc4n6-c4ccccc4)c3)c2)nc2ccccc21. The van der Waals surface area contributed by atoms with E-state index >= 15 is 4.39 Å². The topological polar surface area (TPSA) is 38.9 Å². The molecule has 0 saturated heterocycles. The van der Waals surface area contributed by atoms with Gasteiger partial charge in [0.2, 0.25) is 0 Å². The maximum Gasteiger partial charge on any atom is 0.150 e. The molecule has 53 heavy (non-hydrogen) atoms. The largest absolute Gasteiger partial charge is 0.327 e. The van der Waals surface area contributed by atoms with Crippen molar-refractivity contribution >= 4 is 50.0 Å². The monoisotopic (exact) mass is 689 g/mol. The van der Waals surface area contributed by atoms with Crippen LogP contribution >= 0.6 is 0 Å². The summed E-state index contributed by atoms with van der Waals surface area (Å²) in [6.07, 6.45) is 0.499. The van der Waals surface area contributed by atoms with E-state index in [1.54, 1.807) is 0 Å². The molecule has 4 heterocycles. The number of imidazole rings is 1. The molecule has 6 heteroatoms. The highest BCUT2D eigenvalue weighted by Gasteiger charge is 2.40. The van der Waals surface area contributed by atoms with Gasteiger partial charge in [0.1, 0.15) is 11.6 Å². The number of anilines is 3. The zero-order valence-electron chi connectivity index (χ0n) is 29.7. The fourth-order valence-corrected chi connectivity index (χ4v) is 8.45. The second-order valence-electron chi connectivity index (χ2n) is 14.4. The third-order valence-corrected chi connectivity index (χ3v) is 11.0. The molecule has 0 N–H and O–H groups in total. The summed E-state index contributed by atoms with van der Waals surface area (Å²) in [4.78, 5) is 12.2. The molecule has 6 aromatic carbocycles. The van der Waals surface area contributed by atoms with Crippen LogP contribution in [0.1, 0.15) is 42.3 Å². The van der Waals surface area contributed by atoms with Gasteiger partial charge < -0.3 is 9.13 Å². The van der Waals surface area contributed by atoms with Crippen LogP contribution < -0.4 is 4.90 Å². The predicted molar refractivity (Wildman–Crippen MR) is 214 cm³/mol. The van der Waals surface area contributed by atoms with Crippen molar-refractivity contribution in [2.45, 2.75) is 25.4 Å². The van der Waals surface area contributed by atoms with Gasteiger partial charge in [-0.3, -0.25) is 4.90 Å². The van der Waals surface area contributed by atoms with Gasteiger partial charge in [0.15, 0.2) is 6.17 Å². The average Bonchev–Trinajstić information content (AvgIpc) is 3.73. The molecule has 256 valence electrons. The Kier molecular flexibility index (Phi) is 6.92. The molecule has 0 radical (unpaired) electrons. The van der Waals surface area contributed by atoms with Crippen molar-refractivity contribution in [2.24, 2.45) is 7.05 Å². The Morgan fingerprint density at radius 3 is 2.17 bits per heavy atom. The summed E-state index contributed by atoms with van der Waals surface area (Å²) in [6, 6.07) is 51.5. The number of aryl methyl sites for hydroxylation is 1. The first-order valence-electron chi connectivity index (χ1n) is 18.0. The molecule has 3 aromatic heterocycles. The molecule has 0 spiro atoms. The molecule has 1 atom stereocenters. The number of rotatable bonds is 5. The van der Waals surface area contributed by atoms with E-state index in [4.69, 9.17) is 9.97 Å². The van der Waals surface area contributed by atoms with Crippen molar-refractivity contribution in [1.29, 1.82) is 0 Å². The lowest BCUT2D eigenvalue weighted by molar-refractivity contribution is 0.402. The van der Waals surface area contributed by atoms with Gasteiger partial charge in [-0.05, 0) is 77.4 Å². The molecular weight excluding hydrogens is 654 g/mol. The van der Waals surface area contributed by atoms with Crippen LogP contribution in [-0.2, 0) is 12.5 Å². The third-order valence-electron chi connectivity index (χ3n) is 11.0. The van der Waals surface area contributed by atoms with E-state index in [1.165, 1.54) is 5.56 Å². The Balaban J connectivity index is 1.16. The molecule has 0 aliphatic carbocycles. The number of alkyl halides is 1. The normalized spacial score (nSPS) is 14.1. The van der Waals surface area contributed by atoms with E-state index in [-0.39, 0.29) is 5.41 Å². The first-order chi connectivity index (χ1) is 25.9. The van der Waals surface area contributed by atoms with Gasteiger partial charge in [-0.25, -0.2) is 14.4 Å². The minimum absolute atomic E-state index is 0.337. The van der Waals surface area contributed by atoms with Crippen molar-refractivity contribution in [2.75, 3.05) is 4.90 Å². The summed E-state index contributed by atoms with van der Waals surface area (Å²) >= 11 is 0. The quantitative estimate of drug-likeness (QED) is 0.181. The van der Waals surface area contributed by atoms with Gasteiger partial charge in [-0.2, -0.15) is 0 Å². The van der Waals surface area contributed by atoms with Gasteiger partial charge in [-0.1, -0.05) is 105 Å². The molecule has 0 bridgehead atoms. The average molecular weight is 690 g/mol. The molecule has 0 saturated carbocycles. The molecule has 1 unspecified atom stereocenters. The van der Waals surface area contributed by atoms with Crippen molar-refractivity contribution < 1.29 is 4.39 Å². The molecule has 0 fully saturated rings. The number of nitrogens with zero attached hydrogens (tertiary/aromatic N) is 5. The van der Waals surface area contributed by atoms with E-state index in [1.807, 2.05) is 86.0 Å². The maximum atomic E-state index is 16.9. The zero-order chi connectivity index (χ0) is 35.8. The van der Waals surface area contributed by atoms with Gasteiger partial charge in [0.25, 0.3) is 0 Å². The van der Waals surface area contributed by atoms with Crippen LogP contribution in [0.3, 0.4) is 0 Å². The number of hydrogen-bond acceptors (Lipinski definition) is 3. The third kappa shape index (κ3) is 4.68. The van der Waals surface area contributed by atoms with Crippen LogP contribution in [0.4, 0.5) is 21.6 Å². The van der Waals surface area contributed by atoms with Gasteiger partial charge in [0.05, 0.1) is 27.8 Å². The number of benzene rings is 6. The lowest BCUT2D eigenvalue weighted by atomic mass is 9.74. The smallest absolute Gasteiger partial charge is 0.150 e. The maximum absolute atomic E-state index is 16.9. The molecular formula is C47H36FN5. The molecule has 1 aliphatic rings. The van der Waals surface area contributed by atoms with Crippen molar-refractivity contribution in [3.8, 4) is 17.1 Å². The predicted octanol–water partition coefficient (Wildman–Crippen LogP) is 11.9. The highest BCUT2D eigenvalue weighted by molar-refractivity contribution is 6.18. The molecule has 10 rings (SSSR count). The molecule has 9 aromatic rings. The zero-order valence-corrected chi connectivity index (χ0v) is 29.7. The van der Waals surface area contributed by atoms with E-state index in [0.29, 0.717) is 11.1 Å². The van der Waals surface area contributed by atoms with Crippen LogP contribution in [0.2, 0.25) is 0 Å². The van der Waals surface area contributed by atoms with Gasteiger partial charge >= 0.3 is 0 Å².